The number of para-hydroxylation sites is 2. The van der Waals surface area contributed by atoms with Crippen LogP contribution in [0.1, 0.15) is 43.0 Å². The third-order valence-electron chi connectivity index (χ3n) is 7.63. The average molecular weight is 473 g/mol. The molecule has 0 spiro atoms. The molecular weight excluding hydrogens is 440 g/mol. The lowest BCUT2D eigenvalue weighted by Gasteiger charge is -2.28. The molecule has 0 saturated heterocycles. The minimum absolute atomic E-state index is 0.131. The Bertz CT molecular complexity index is 1240. The van der Waals surface area contributed by atoms with Crippen LogP contribution in [0, 0.1) is 17.8 Å². The average Bonchev–Trinajstić information content (AvgIpc) is 3.51. The van der Waals surface area contributed by atoms with Gasteiger partial charge in [-0.15, -0.1) is 0 Å². The van der Waals surface area contributed by atoms with Gasteiger partial charge in [0.25, 0.3) is 11.8 Å². The van der Waals surface area contributed by atoms with Crippen molar-refractivity contribution >= 4 is 28.3 Å². The second-order valence-electron chi connectivity index (χ2n) is 9.83. The van der Waals surface area contributed by atoms with Gasteiger partial charge in [0.05, 0.1) is 18.4 Å². The highest BCUT2D eigenvalue weighted by Crippen LogP contribution is 2.49. The van der Waals surface area contributed by atoms with Gasteiger partial charge < -0.3 is 20.1 Å². The van der Waals surface area contributed by atoms with Gasteiger partial charge in [-0.25, -0.2) is 0 Å². The number of benzene rings is 3. The predicted octanol–water partition coefficient (Wildman–Crippen LogP) is 5.42. The third kappa shape index (κ3) is 4.97. The zero-order valence-corrected chi connectivity index (χ0v) is 20.3. The molecule has 5 rings (SSSR count). The fourth-order valence-corrected chi connectivity index (χ4v) is 5.91. The van der Waals surface area contributed by atoms with E-state index in [9.17, 15) is 9.59 Å². The Morgan fingerprint density at radius 2 is 1.71 bits per heavy atom. The molecule has 2 aliphatic carbocycles. The Balaban J connectivity index is 1.31. The Kier molecular flexibility index (Phi) is 6.62. The number of methoxy groups -OCH3 is 1. The molecule has 6 heteroatoms. The zero-order chi connectivity index (χ0) is 24.4. The smallest absolute Gasteiger partial charge is 0.259 e. The number of fused-ring (bicyclic) bond motifs is 3. The molecule has 4 atom stereocenters. The lowest BCUT2D eigenvalue weighted by atomic mass is 9.84. The van der Waals surface area contributed by atoms with Crippen molar-refractivity contribution in [1.29, 1.82) is 0 Å². The van der Waals surface area contributed by atoms with E-state index in [2.05, 4.69) is 17.6 Å². The number of carbonyl (C=O) groups is 2. The Labute approximate surface area is 206 Å². The van der Waals surface area contributed by atoms with E-state index in [0.29, 0.717) is 28.7 Å². The number of hydrogen-bond donors (Lipinski definition) is 2. The van der Waals surface area contributed by atoms with Crippen LogP contribution in [0.25, 0.3) is 10.8 Å². The van der Waals surface area contributed by atoms with Crippen molar-refractivity contribution < 1.29 is 19.1 Å². The molecule has 0 unspecified atom stereocenters. The second kappa shape index (κ2) is 9.98. The maximum atomic E-state index is 13.3. The SMILES string of the molecule is COc1ccccc1NC(=O)c1cc2ccccc2cc1OCC(=O)N[C@@H](C)[C@H]1C[C@H]2CC[C@H]1C2. The van der Waals surface area contributed by atoms with E-state index in [4.69, 9.17) is 9.47 Å². The molecule has 3 aromatic carbocycles. The molecule has 0 radical (unpaired) electrons. The topological polar surface area (TPSA) is 76.7 Å². The molecule has 2 saturated carbocycles. The van der Waals surface area contributed by atoms with E-state index in [1.165, 1.54) is 25.7 Å². The van der Waals surface area contributed by atoms with Crippen LogP contribution in [-0.2, 0) is 4.79 Å². The van der Waals surface area contributed by atoms with Crippen LogP contribution in [0.3, 0.4) is 0 Å². The maximum Gasteiger partial charge on any atom is 0.259 e. The van der Waals surface area contributed by atoms with Gasteiger partial charge in [0.2, 0.25) is 0 Å². The highest BCUT2D eigenvalue weighted by atomic mass is 16.5. The summed E-state index contributed by atoms with van der Waals surface area (Å²) >= 11 is 0. The summed E-state index contributed by atoms with van der Waals surface area (Å²) in [6.07, 6.45) is 5.15. The van der Waals surface area contributed by atoms with Gasteiger partial charge in [-0.3, -0.25) is 9.59 Å². The van der Waals surface area contributed by atoms with Crippen molar-refractivity contribution in [2.24, 2.45) is 17.8 Å². The molecule has 2 amide bonds. The molecule has 6 nitrogen and oxygen atoms in total. The van der Waals surface area contributed by atoms with E-state index >= 15 is 0 Å². The van der Waals surface area contributed by atoms with Gasteiger partial charge in [-0.1, -0.05) is 42.8 Å². The van der Waals surface area contributed by atoms with Crippen LogP contribution in [0.15, 0.2) is 60.7 Å². The molecule has 3 aromatic rings. The summed E-state index contributed by atoms with van der Waals surface area (Å²) in [5.41, 5.74) is 0.931. The van der Waals surface area contributed by atoms with Crippen molar-refractivity contribution in [2.45, 2.75) is 38.6 Å². The van der Waals surface area contributed by atoms with Gasteiger partial charge >= 0.3 is 0 Å². The first-order chi connectivity index (χ1) is 17.0. The summed E-state index contributed by atoms with van der Waals surface area (Å²) in [7, 11) is 1.56. The van der Waals surface area contributed by atoms with Crippen LogP contribution in [-0.4, -0.2) is 31.6 Å². The van der Waals surface area contributed by atoms with E-state index in [0.717, 1.165) is 22.6 Å². The van der Waals surface area contributed by atoms with E-state index in [1.54, 1.807) is 25.3 Å². The van der Waals surface area contributed by atoms with Crippen molar-refractivity contribution in [3.8, 4) is 11.5 Å². The first-order valence-corrected chi connectivity index (χ1v) is 12.4. The molecule has 2 fully saturated rings. The number of hydrogen-bond acceptors (Lipinski definition) is 4. The fourth-order valence-electron chi connectivity index (χ4n) is 5.91. The number of amides is 2. The summed E-state index contributed by atoms with van der Waals surface area (Å²) in [5.74, 6) is 2.58. The number of rotatable bonds is 8. The highest BCUT2D eigenvalue weighted by molar-refractivity contribution is 6.09. The molecule has 0 aliphatic heterocycles. The molecule has 0 heterocycles. The standard InChI is InChI=1S/C29H32N2O4/c1-18(23-14-19-11-12-22(23)13-19)30-28(32)17-35-27-16-21-8-4-3-7-20(21)15-24(27)29(33)31-25-9-5-6-10-26(25)34-2/h3-10,15-16,18-19,22-23H,11-14,17H2,1-2H3,(H,30,32)(H,31,33)/t18-,19-,22-,23+/m0/s1. The maximum absolute atomic E-state index is 13.3. The largest absolute Gasteiger partial charge is 0.495 e. The van der Waals surface area contributed by atoms with Crippen molar-refractivity contribution in [2.75, 3.05) is 19.0 Å². The molecule has 35 heavy (non-hydrogen) atoms. The predicted molar refractivity (Wildman–Crippen MR) is 137 cm³/mol. The number of ether oxygens (including phenoxy) is 2. The number of carbonyl (C=O) groups excluding carboxylic acids is 2. The van der Waals surface area contributed by atoms with Crippen molar-refractivity contribution in [3.63, 3.8) is 0 Å². The second-order valence-corrected chi connectivity index (χ2v) is 9.83. The van der Waals surface area contributed by atoms with Gasteiger partial charge in [0, 0.05) is 6.04 Å². The third-order valence-corrected chi connectivity index (χ3v) is 7.63. The Hall–Kier alpha value is -3.54. The highest BCUT2D eigenvalue weighted by Gasteiger charge is 2.42. The number of nitrogens with one attached hydrogen (secondary N) is 2. The molecular formula is C29H32N2O4. The van der Waals surface area contributed by atoms with Gasteiger partial charge in [0.1, 0.15) is 11.5 Å². The normalized spacial score (nSPS) is 21.5. The Morgan fingerprint density at radius 1 is 0.971 bits per heavy atom. The van der Waals surface area contributed by atoms with Crippen LogP contribution >= 0.6 is 0 Å². The summed E-state index contributed by atoms with van der Waals surface area (Å²) in [6.45, 7) is 1.96. The summed E-state index contributed by atoms with van der Waals surface area (Å²) in [6, 6.07) is 18.8. The summed E-state index contributed by atoms with van der Waals surface area (Å²) in [4.78, 5) is 26.0. The van der Waals surface area contributed by atoms with Crippen LogP contribution in [0.4, 0.5) is 5.69 Å². The first-order valence-electron chi connectivity index (χ1n) is 12.4. The minimum Gasteiger partial charge on any atom is -0.495 e. The zero-order valence-electron chi connectivity index (χ0n) is 20.3. The van der Waals surface area contributed by atoms with Crippen LogP contribution < -0.4 is 20.1 Å². The molecule has 2 bridgehead atoms. The lowest BCUT2D eigenvalue weighted by Crippen LogP contribution is -2.42. The van der Waals surface area contributed by atoms with Crippen molar-refractivity contribution in [1.82, 2.24) is 5.32 Å². The van der Waals surface area contributed by atoms with Crippen molar-refractivity contribution in [3.05, 3.63) is 66.2 Å². The van der Waals surface area contributed by atoms with Gasteiger partial charge in [0.15, 0.2) is 6.61 Å². The molecule has 182 valence electrons. The monoisotopic (exact) mass is 472 g/mol. The van der Waals surface area contributed by atoms with Crippen LogP contribution in [0.5, 0.6) is 11.5 Å². The quantitative estimate of drug-likeness (QED) is 0.459. The minimum atomic E-state index is -0.328. The Morgan fingerprint density at radius 3 is 2.43 bits per heavy atom. The molecule has 0 aromatic heterocycles. The fraction of sp³-hybridized carbons (Fsp3) is 0.379. The summed E-state index contributed by atoms with van der Waals surface area (Å²) in [5, 5.41) is 7.90. The lowest BCUT2D eigenvalue weighted by molar-refractivity contribution is -0.124. The van der Waals surface area contributed by atoms with E-state index < -0.39 is 0 Å². The van der Waals surface area contributed by atoms with Gasteiger partial charge in [-0.2, -0.15) is 0 Å². The first kappa shape index (κ1) is 23.2. The van der Waals surface area contributed by atoms with Crippen LogP contribution in [0.2, 0.25) is 0 Å². The molecule has 2 aliphatic rings. The molecule has 2 N–H and O–H groups in total. The summed E-state index contributed by atoms with van der Waals surface area (Å²) < 4.78 is 11.3. The van der Waals surface area contributed by atoms with Gasteiger partial charge in [-0.05, 0) is 79.0 Å². The van der Waals surface area contributed by atoms with E-state index in [-0.39, 0.29) is 24.5 Å². The van der Waals surface area contributed by atoms with E-state index in [1.807, 2.05) is 42.5 Å². The number of anilines is 1.